The van der Waals surface area contributed by atoms with Crippen LogP contribution in [0.15, 0.2) is 39.1 Å². The molecule has 0 saturated heterocycles. The number of aromatic nitrogens is 2. The van der Waals surface area contributed by atoms with E-state index < -0.39 is 10.0 Å². The van der Waals surface area contributed by atoms with Crippen LogP contribution in [-0.2, 0) is 16.6 Å². The second-order valence-electron chi connectivity index (χ2n) is 5.47. The molecule has 6 nitrogen and oxygen atoms in total. The molecule has 0 aliphatic rings. The molecule has 0 spiro atoms. The van der Waals surface area contributed by atoms with E-state index in [1.54, 1.807) is 25.2 Å². The number of hydrogen-bond acceptors (Lipinski definition) is 6. The van der Waals surface area contributed by atoms with Gasteiger partial charge in [-0.3, -0.25) is 0 Å². The zero-order valence-electron chi connectivity index (χ0n) is 13.5. The number of aryl methyl sites for hydroxylation is 3. The van der Waals surface area contributed by atoms with Crippen molar-refractivity contribution in [1.29, 1.82) is 0 Å². The van der Waals surface area contributed by atoms with Crippen molar-refractivity contribution in [3.63, 3.8) is 0 Å². The summed E-state index contributed by atoms with van der Waals surface area (Å²) in [6, 6.07) is 7.67. The normalized spacial score (nSPS) is 11.8. The summed E-state index contributed by atoms with van der Waals surface area (Å²) in [5.41, 5.74) is 3.16. The molecule has 0 fully saturated rings. The van der Waals surface area contributed by atoms with Gasteiger partial charge in [-0.05, 0) is 32.4 Å². The van der Waals surface area contributed by atoms with Crippen molar-refractivity contribution in [2.75, 3.05) is 0 Å². The van der Waals surface area contributed by atoms with E-state index in [4.69, 9.17) is 4.52 Å². The third-order valence-corrected chi connectivity index (χ3v) is 6.15. The van der Waals surface area contributed by atoms with Crippen LogP contribution in [0.25, 0.3) is 10.6 Å². The first-order valence-corrected chi connectivity index (χ1v) is 9.67. The molecule has 0 unspecified atom stereocenters. The minimum Gasteiger partial charge on any atom is -0.360 e. The summed E-state index contributed by atoms with van der Waals surface area (Å²) in [6.45, 7) is 5.32. The number of nitrogens with one attached hydrogen (secondary N) is 1. The lowest BCUT2D eigenvalue weighted by molar-refractivity contribution is 0.390. The summed E-state index contributed by atoms with van der Waals surface area (Å²) in [5.74, 6) is 0.284. The molecule has 126 valence electrons. The molecule has 2 heterocycles. The molecule has 0 saturated carbocycles. The smallest absolute Gasteiger partial charge is 0.246 e. The summed E-state index contributed by atoms with van der Waals surface area (Å²) < 4.78 is 32.4. The lowest BCUT2D eigenvalue weighted by atomic mass is 10.1. The van der Waals surface area contributed by atoms with Crippen LogP contribution in [0.5, 0.6) is 0 Å². The number of sulfonamides is 1. The summed E-state index contributed by atoms with van der Waals surface area (Å²) in [5, 5.41) is 6.60. The van der Waals surface area contributed by atoms with Gasteiger partial charge in [-0.1, -0.05) is 23.4 Å². The monoisotopic (exact) mass is 363 g/mol. The maximum absolute atomic E-state index is 12.4. The van der Waals surface area contributed by atoms with Crippen molar-refractivity contribution in [2.24, 2.45) is 0 Å². The Balaban J connectivity index is 1.80. The van der Waals surface area contributed by atoms with E-state index >= 15 is 0 Å². The molecule has 0 aliphatic carbocycles. The minimum absolute atomic E-state index is 0.106. The minimum atomic E-state index is -3.67. The number of benzene rings is 1. The van der Waals surface area contributed by atoms with E-state index in [-0.39, 0.29) is 17.2 Å². The molecule has 3 rings (SSSR count). The van der Waals surface area contributed by atoms with E-state index in [1.807, 2.05) is 36.6 Å². The van der Waals surface area contributed by atoms with Gasteiger partial charge in [0, 0.05) is 23.2 Å². The van der Waals surface area contributed by atoms with E-state index in [9.17, 15) is 8.42 Å². The molecule has 0 aliphatic heterocycles. The van der Waals surface area contributed by atoms with Crippen molar-refractivity contribution in [3.05, 3.63) is 52.4 Å². The quantitative estimate of drug-likeness (QED) is 0.752. The fraction of sp³-hybridized carbons (Fsp3) is 0.250. The van der Waals surface area contributed by atoms with Crippen LogP contribution < -0.4 is 4.72 Å². The van der Waals surface area contributed by atoms with Gasteiger partial charge in [0.1, 0.15) is 15.6 Å². The highest BCUT2D eigenvalue weighted by molar-refractivity contribution is 7.89. The fourth-order valence-electron chi connectivity index (χ4n) is 2.41. The van der Waals surface area contributed by atoms with Crippen molar-refractivity contribution in [2.45, 2.75) is 32.2 Å². The number of rotatable bonds is 5. The van der Waals surface area contributed by atoms with Crippen molar-refractivity contribution >= 4 is 21.4 Å². The van der Waals surface area contributed by atoms with Crippen molar-refractivity contribution in [1.82, 2.24) is 14.9 Å². The second-order valence-corrected chi connectivity index (χ2v) is 8.03. The number of hydrogen-bond donors (Lipinski definition) is 1. The van der Waals surface area contributed by atoms with E-state index in [0.29, 0.717) is 5.69 Å². The Bertz CT molecular complexity index is 955. The first kappa shape index (κ1) is 16.8. The molecule has 0 atom stereocenters. The molecule has 0 bridgehead atoms. The fourth-order valence-corrected chi connectivity index (χ4v) is 4.55. The van der Waals surface area contributed by atoms with Gasteiger partial charge in [0.15, 0.2) is 5.76 Å². The van der Waals surface area contributed by atoms with E-state index in [1.165, 1.54) is 0 Å². The van der Waals surface area contributed by atoms with Gasteiger partial charge in [0.25, 0.3) is 0 Å². The standard InChI is InChI=1S/C16H17N3O3S2/c1-10-9-23-16(18-10)14-6-4-5-13(7-14)8-17-24(20,21)15-11(2)19-22-12(15)3/h4-7,9,17H,8H2,1-3H3. The molecule has 2 aromatic heterocycles. The highest BCUT2D eigenvalue weighted by Crippen LogP contribution is 2.24. The van der Waals surface area contributed by atoms with Gasteiger partial charge in [-0.2, -0.15) is 0 Å². The molecule has 1 aromatic carbocycles. The third kappa shape index (κ3) is 3.40. The first-order chi connectivity index (χ1) is 11.4. The lowest BCUT2D eigenvalue weighted by Crippen LogP contribution is -2.24. The Labute approximate surface area is 144 Å². The average molecular weight is 363 g/mol. The Kier molecular flexibility index (Phi) is 4.53. The Morgan fingerprint density at radius 3 is 2.67 bits per heavy atom. The third-order valence-electron chi connectivity index (χ3n) is 3.50. The first-order valence-electron chi connectivity index (χ1n) is 7.31. The van der Waals surface area contributed by atoms with Crippen LogP contribution >= 0.6 is 11.3 Å². The Morgan fingerprint density at radius 2 is 2.04 bits per heavy atom. The maximum Gasteiger partial charge on any atom is 0.246 e. The molecule has 1 N–H and O–H groups in total. The van der Waals surface area contributed by atoms with Crippen LogP contribution in [0.2, 0.25) is 0 Å². The zero-order valence-corrected chi connectivity index (χ0v) is 15.2. The van der Waals surface area contributed by atoms with Crippen LogP contribution in [0.3, 0.4) is 0 Å². The summed E-state index contributed by atoms with van der Waals surface area (Å²) in [4.78, 5) is 4.56. The van der Waals surface area contributed by atoms with Gasteiger partial charge in [0.05, 0.1) is 0 Å². The van der Waals surface area contributed by atoms with Gasteiger partial charge >= 0.3 is 0 Å². The Hall–Kier alpha value is -2.03. The molecule has 8 heteroatoms. The van der Waals surface area contributed by atoms with Crippen molar-refractivity contribution in [3.8, 4) is 10.6 Å². The predicted molar refractivity (Wildman–Crippen MR) is 92.3 cm³/mol. The van der Waals surface area contributed by atoms with Crippen LogP contribution in [0.1, 0.15) is 22.7 Å². The van der Waals surface area contributed by atoms with Crippen LogP contribution in [0.4, 0.5) is 0 Å². The second kappa shape index (κ2) is 6.46. The van der Waals surface area contributed by atoms with Gasteiger partial charge in [-0.25, -0.2) is 18.1 Å². The average Bonchev–Trinajstić information content (AvgIpc) is 3.12. The number of thiazole rings is 1. The van der Waals surface area contributed by atoms with Gasteiger partial charge in [0.2, 0.25) is 10.0 Å². The summed E-state index contributed by atoms with van der Waals surface area (Å²) >= 11 is 1.57. The predicted octanol–water partition coefficient (Wildman–Crippen LogP) is 3.20. The van der Waals surface area contributed by atoms with E-state index in [2.05, 4.69) is 14.9 Å². The van der Waals surface area contributed by atoms with E-state index in [0.717, 1.165) is 21.8 Å². The zero-order chi connectivity index (χ0) is 17.3. The molecule has 0 radical (unpaired) electrons. The summed E-state index contributed by atoms with van der Waals surface area (Å²) in [6.07, 6.45) is 0. The van der Waals surface area contributed by atoms with Crippen molar-refractivity contribution < 1.29 is 12.9 Å². The molecule has 24 heavy (non-hydrogen) atoms. The maximum atomic E-state index is 12.4. The molecule has 0 amide bonds. The van der Waals surface area contributed by atoms with Crippen LogP contribution in [0, 0.1) is 20.8 Å². The molecular formula is C16H17N3O3S2. The topological polar surface area (TPSA) is 85.1 Å². The number of nitrogens with zero attached hydrogens (tertiary/aromatic N) is 2. The van der Waals surface area contributed by atoms with Gasteiger partial charge < -0.3 is 4.52 Å². The SMILES string of the molecule is Cc1csc(-c2cccc(CNS(=O)(=O)c3c(C)noc3C)c2)n1. The molecule has 3 aromatic rings. The Morgan fingerprint density at radius 1 is 1.25 bits per heavy atom. The highest BCUT2D eigenvalue weighted by Gasteiger charge is 2.23. The highest BCUT2D eigenvalue weighted by atomic mass is 32.2. The molecular weight excluding hydrogens is 346 g/mol. The largest absolute Gasteiger partial charge is 0.360 e. The lowest BCUT2D eigenvalue weighted by Gasteiger charge is -2.07. The van der Waals surface area contributed by atoms with Crippen LogP contribution in [-0.4, -0.2) is 18.6 Å². The summed E-state index contributed by atoms with van der Waals surface area (Å²) in [7, 11) is -3.67. The van der Waals surface area contributed by atoms with Gasteiger partial charge in [-0.15, -0.1) is 11.3 Å².